The summed E-state index contributed by atoms with van der Waals surface area (Å²) in [4.78, 5) is 20.5. The van der Waals surface area contributed by atoms with Crippen molar-refractivity contribution in [2.24, 2.45) is 0 Å². The van der Waals surface area contributed by atoms with Crippen molar-refractivity contribution in [3.05, 3.63) is 91.7 Å². The number of nitro benzene ring substituents is 2. The minimum atomic E-state index is -1.33. The highest BCUT2D eigenvalue weighted by atomic mass is 16.6. The van der Waals surface area contributed by atoms with Crippen LogP contribution in [0.3, 0.4) is 0 Å². The molecule has 9 nitrogen and oxygen atoms in total. The summed E-state index contributed by atoms with van der Waals surface area (Å²) >= 11 is 0. The van der Waals surface area contributed by atoms with Gasteiger partial charge in [-0.15, -0.1) is 0 Å². The molecule has 1 aliphatic heterocycles. The van der Waals surface area contributed by atoms with Crippen molar-refractivity contribution in [1.29, 1.82) is 0 Å². The number of nitrogens with zero attached hydrogens (tertiary/aromatic N) is 2. The summed E-state index contributed by atoms with van der Waals surface area (Å²) in [6.45, 7) is 0. The molecule has 1 unspecified atom stereocenters. The van der Waals surface area contributed by atoms with E-state index >= 15 is 0 Å². The third-order valence-corrected chi connectivity index (χ3v) is 3.88. The van der Waals surface area contributed by atoms with Crippen molar-refractivity contribution < 1.29 is 20.1 Å². The molecule has 2 aromatic carbocycles. The second-order valence-electron chi connectivity index (χ2n) is 5.51. The van der Waals surface area contributed by atoms with Gasteiger partial charge in [0.05, 0.1) is 15.5 Å². The number of hydrogen-bond donors (Lipinski definition) is 3. The Kier molecular flexibility index (Phi) is 4.38. The van der Waals surface area contributed by atoms with E-state index < -0.39 is 16.1 Å². The summed E-state index contributed by atoms with van der Waals surface area (Å²) in [7, 11) is 0. The summed E-state index contributed by atoms with van der Waals surface area (Å²) < 4.78 is 0. The molecule has 0 radical (unpaired) electrons. The van der Waals surface area contributed by atoms with Gasteiger partial charge in [-0.2, -0.15) is 0 Å². The first kappa shape index (κ1) is 17.1. The Bertz CT molecular complexity index is 932. The minimum absolute atomic E-state index is 0.0803. The predicted molar refractivity (Wildman–Crippen MR) is 92.9 cm³/mol. The van der Waals surface area contributed by atoms with E-state index in [0.29, 0.717) is 22.4 Å². The first-order valence-corrected chi connectivity index (χ1v) is 7.46. The zero-order chi connectivity index (χ0) is 18.8. The van der Waals surface area contributed by atoms with Crippen LogP contribution in [0, 0.1) is 20.2 Å². The van der Waals surface area contributed by atoms with Gasteiger partial charge in [0.25, 0.3) is 11.4 Å². The molecular formula is C17H13N3O6. The maximum absolute atomic E-state index is 10.8. The lowest BCUT2D eigenvalue weighted by Gasteiger charge is -2.24. The van der Waals surface area contributed by atoms with Gasteiger partial charge in [-0.25, -0.2) is 0 Å². The molecule has 0 aromatic heterocycles. The fourth-order valence-corrected chi connectivity index (χ4v) is 2.57. The molecule has 2 aromatic rings. The zero-order valence-electron chi connectivity index (χ0n) is 13.2. The van der Waals surface area contributed by atoms with Crippen LogP contribution < -0.4 is 5.32 Å². The maximum atomic E-state index is 10.8. The van der Waals surface area contributed by atoms with E-state index in [0.717, 1.165) is 0 Å². The zero-order valence-corrected chi connectivity index (χ0v) is 13.2. The third-order valence-electron chi connectivity index (χ3n) is 3.88. The second kappa shape index (κ2) is 6.65. The standard InChI is InChI=1S/C17H13N3O6/c21-15-9-14(10-1-5-12(6-2-10)19(23)24)16(18-17(15)22)11-3-7-13(8-4-11)20(25)26/h1-9,17-18,21-22H. The molecule has 1 atom stereocenters. The van der Waals surface area contributed by atoms with E-state index in [9.17, 15) is 30.4 Å². The molecule has 132 valence electrons. The molecule has 0 saturated carbocycles. The van der Waals surface area contributed by atoms with Crippen molar-refractivity contribution in [3.63, 3.8) is 0 Å². The largest absolute Gasteiger partial charge is 0.507 e. The van der Waals surface area contributed by atoms with Crippen LogP contribution in [0.1, 0.15) is 11.1 Å². The average Bonchev–Trinajstić information content (AvgIpc) is 2.63. The number of benzene rings is 2. The van der Waals surface area contributed by atoms with Crippen LogP contribution in [-0.4, -0.2) is 26.3 Å². The van der Waals surface area contributed by atoms with E-state index in [4.69, 9.17) is 0 Å². The van der Waals surface area contributed by atoms with Crippen LogP contribution in [0.2, 0.25) is 0 Å². The van der Waals surface area contributed by atoms with E-state index in [1.165, 1.54) is 54.6 Å². The molecule has 3 N–H and O–H groups in total. The topological polar surface area (TPSA) is 139 Å². The number of rotatable bonds is 4. The van der Waals surface area contributed by atoms with Gasteiger partial charge in [0.1, 0.15) is 5.76 Å². The highest BCUT2D eigenvalue weighted by Crippen LogP contribution is 2.32. The number of non-ortho nitro benzene ring substituents is 2. The molecule has 0 spiro atoms. The van der Waals surface area contributed by atoms with Gasteiger partial charge in [0.15, 0.2) is 6.23 Å². The van der Waals surface area contributed by atoms with Gasteiger partial charge in [-0.3, -0.25) is 20.2 Å². The van der Waals surface area contributed by atoms with Crippen LogP contribution in [0.4, 0.5) is 11.4 Å². The lowest BCUT2D eigenvalue weighted by molar-refractivity contribution is -0.385. The highest BCUT2D eigenvalue weighted by Gasteiger charge is 2.23. The van der Waals surface area contributed by atoms with E-state index in [1.54, 1.807) is 0 Å². The summed E-state index contributed by atoms with van der Waals surface area (Å²) in [5.74, 6) is -0.316. The van der Waals surface area contributed by atoms with Gasteiger partial charge in [0, 0.05) is 29.8 Å². The van der Waals surface area contributed by atoms with Crippen molar-refractivity contribution in [1.82, 2.24) is 5.32 Å². The van der Waals surface area contributed by atoms with Crippen LogP contribution >= 0.6 is 0 Å². The Morgan fingerprint density at radius 3 is 1.77 bits per heavy atom. The number of allylic oxidation sites excluding steroid dienone is 2. The fourth-order valence-electron chi connectivity index (χ4n) is 2.57. The highest BCUT2D eigenvalue weighted by molar-refractivity contribution is 5.96. The predicted octanol–water partition coefficient (Wildman–Crippen LogP) is 2.73. The second-order valence-corrected chi connectivity index (χ2v) is 5.51. The lowest BCUT2D eigenvalue weighted by atomic mass is 9.95. The Balaban J connectivity index is 2.10. The molecule has 0 fully saturated rings. The Hall–Kier alpha value is -3.72. The fraction of sp³-hybridized carbons (Fsp3) is 0.0588. The van der Waals surface area contributed by atoms with Gasteiger partial charge < -0.3 is 15.5 Å². The molecular weight excluding hydrogens is 342 g/mol. The third kappa shape index (κ3) is 3.23. The Labute approximate surface area is 146 Å². The Morgan fingerprint density at radius 1 is 0.846 bits per heavy atom. The van der Waals surface area contributed by atoms with Crippen LogP contribution in [-0.2, 0) is 0 Å². The minimum Gasteiger partial charge on any atom is -0.507 e. The number of hydrogen-bond acceptors (Lipinski definition) is 7. The molecule has 0 saturated heterocycles. The molecule has 9 heteroatoms. The molecule has 1 heterocycles. The molecule has 0 aliphatic carbocycles. The molecule has 3 rings (SSSR count). The smallest absolute Gasteiger partial charge is 0.269 e. The summed E-state index contributed by atoms with van der Waals surface area (Å²) in [5, 5.41) is 44.0. The molecule has 26 heavy (non-hydrogen) atoms. The van der Waals surface area contributed by atoms with Crippen molar-refractivity contribution in [3.8, 4) is 0 Å². The maximum Gasteiger partial charge on any atom is 0.269 e. The van der Waals surface area contributed by atoms with Gasteiger partial charge in [0.2, 0.25) is 0 Å². The lowest BCUT2D eigenvalue weighted by Crippen LogP contribution is -2.32. The number of nitrogens with one attached hydrogen (secondary N) is 1. The number of aliphatic hydroxyl groups excluding tert-OH is 2. The van der Waals surface area contributed by atoms with Crippen molar-refractivity contribution in [2.75, 3.05) is 0 Å². The van der Waals surface area contributed by atoms with Gasteiger partial charge in [-0.1, -0.05) is 0 Å². The van der Waals surface area contributed by atoms with Gasteiger partial charge >= 0.3 is 0 Å². The first-order chi connectivity index (χ1) is 12.4. The van der Waals surface area contributed by atoms with Crippen molar-refractivity contribution >= 4 is 22.6 Å². The average molecular weight is 355 g/mol. The van der Waals surface area contributed by atoms with Crippen LogP contribution in [0.15, 0.2) is 60.4 Å². The van der Waals surface area contributed by atoms with Crippen LogP contribution in [0.25, 0.3) is 11.3 Å². The summed E-state index contributed by atoms with van der Waals surface area (Å²) in [6.07, 6.45) is 0.0148. The van der Waals surface area contributed by atoms with Gasteiger partial charge in [-0.05, 0) is 41.5 Å². The number of aliphatic hydroxyl groups is 2. The van der Waals surface area contributed by atoms with E-state index in [2.05, 4.69) is 5.32 Å². The van der Waals surface area contributed by atoms with E-state index in [-0.39, 0.29) is 17.1 Å². The quantitative estimate of drug-likeness (QED) is 0.566. The first-order valence-electron chi connectivity index (χ1n) is 7.46. The Morgan fingerprint density at radius 2 is 1.31 bits per heavy atom. The summed E-state index contributed by atoms with van der Waals surface area (Å²) in [5.41, 5.74) is 1.86. The summed E-state index contributed by atoms with van der Waals surface area (Å²) in [6, 6.07) is 11.3. The number of nitro groups is 2. The normalized spacial score (nSPS) is 16.7. The molecule has 0 amide bonds. The van der Waals surface area contributed by atoms with E-state index in [1.807, 2.05) is 0 Å². The molecule has 1 aliphatic rings. The molecule has 0 bridgehead atoms. The SMILES string of the molecule is O=[N+]([O-])c1ccc(C2=C(c3ccc([N+](=O)[O-])cc3)NC(O)C(O)=C2)cc1. The monoisotopic (exact) mass is 355 g/mol. The van der Waals surface area contributed by atoms with Crippen LogP contribution in [0.5, 0.6) is 0 Å². The van der Waals surface area contributed by atoms with Crippen molar-refractivity contribution in [2.45, 2.75) is 6.23 Å². The number of dihydropyridines is 1.